The normalized spacial score (nSPS) is 30.7. The van der Waals surface area contributed by atoms with Crippen LogP contribution in [0.4, 0.5) is 0 Å². The summed E-state index contributed by atoms with van der Waals surface area (Å²) in [5.41, 5.74) is 0.451. The molecule has 0 bridgehead atoms. The van der Waals surface area contributed by atoms with Gasteiger partial charge in [-0.2, -0.15) is 0 Å². The molecule has 2 fully saturated rings. The number of ether oxygens (including phenoxy) is 1. The molecule has 1 aliphatic heterocycles. The van der Waals surface area contributed by atoms with Crippen molar-refractivity contribution in [3.05, 3.63) is 0 Å². The third-order valence-electron chi connectivity index (χ3n) is 4.93. The molecule has 0 aromatic heterocycles. The van der Waals surface area contributed by atoms with Crippen molar-refractivity contribution in [2.24, 2.45) is 11.3 Å². The second kappa shape index (κ2) is 4.89. The molecule has 2 atom stereocenters. The summed E-state index contributed by atoms with van der Waals surface area (Å²) in [6.45, 7) is 7.47. The first-order chi connectivity index (χ1) is 7.94. The van der Waals surface area contributed by atoms with Crippen LogP contribution >= 0.6 is 0 Å². The fourth-order valence-corrected chi connectivity index (χ4v) is 3.99. The van der Waals surface area contributed by atoms with Crippen LogP contribution in [0.2, 0.25) is 0 Å². The van der Waals surface area contributed by atoms with Crippen LogP contribution in [0.15, 0.2) is 0 Å². The van der Waals surface area contributed by atoms with Gasteiger partial charge in [-0.1, -0.05) is 26.7 Å². The first-order valence-corrected chi connectivity index (χ1v) is 7.26. The van der Waals surface area contributed by atoms with Crippen LogP contribution in [0, 0.1) is 11.3 Å². The van der Waals surface area contributed by atoms with E-state index in [0.717, 1.165) is 13.0 Å². The van der Waals surface area contributed by atoms with Crippen LogP contribution in [-0.4, -0.2) is 23.4 Å². The molecule has 2 nitrogen and oxygen atoms in total. The fraction of sp³-hybridized carbons (Fsp3) is 1.00. The molecule has 2 rings (SSSR count). The predicted molar refractivity (Wildman–Crippen MR) is 70.0 cm³/mol. The van der Waals surface area contributed by atoms with E-state index in [1.165, 1.54) is 38.5 Å². The molecule has 2 unspecified atom stereocenters. The highest BCUT2D eigenvalue weighted by molar-refractivity contribution is 4.95. The average molecular weight is 240 g/mol. The molecule has 2 heteroatoms. The SMILES string of the molecule is CC(O)CC(C)(C)C1CCOC2(CCCC2)C1. The van der Waals surface area contributed by atoms with Crippen LogP contribution in [0.5, 0.6) is 0 Å². The fourth-order valence-electron chi connectivity index (χ4n) is 3.99. The van der Waals surface area contributed by atoms with E-state index in [4.69, 9.17) is 4.74 Å². The standard InChI is InChI=1S/C15H28O2/c1-12(16)10-14(2,3)13-6-9-17-15(11-13)7-4-5-8-15/h12-13,16H,4-11H2,1-3H3. The van der Waals surface area contributed by atoms with E-state index in [1.807, 2.05) is 6.92 Å². The maximum atomic E-state index is 9.64. The summed E-state index contributed by atoms with van der Waals surface area (Å²) in [7, 11) is 0. The first kappa shape index (κ1) is 13.4. The summed E-state index contributed by atoms with van der Waals surface area (Å²) < 4.78 is 6.09. The van der Waals surface area contributed by atoms with E-state index in [9.17, 15) is 5.11 Å². The van der Waals surface area contributed by atoms with Crippen molar-refractivity contribution in [3.8, 4) is 0 Å². The van der Waals surface area contributed by atoms with Gasteiger partial charge in [0.2, 0.25) is 0 Å². The lowest BCUT2D eigenvalue weighted by Crippen LogP contribution is -2.42. The minimum Gasteiger partial charge on any atom is -0.393 e. The number of aliphatic hydroxyl groups excluding tert-OH is 1. The molecule has 1 N–H and O–H groups in total. The molecule has 0 aromatic carbocycles. The summed E-state index contributed by atoms with van der Waals surface area (Å²) in [5.74, 6) is 0.712. The minimum atomic E-state index is -0.188. The lowest BCUT2D eigenvalue weighted by atomic mass is 9.67. The summed E-state index contributed by atoms with van der Waals surface area (Å²) in [5, 5.41) is 9.64. The molecule has 0 amide bonds. The smallest absolute Gasteiger partial charge is 0.0685 e. The van der Waals surface area contributed by atoms with E-state index >= 15 is 0 Å². The van der Waals surface area contributed by atoms with Crippen LogP contribution in [0.3, 0.4) is 0 Å². The summed E-state index contributed by atoms with van der Waals surface area (Å²) in [4.78, 5) is 0. The van der Waals surface area contributed by atoms with Crippen molar-refractivity contribution >= 4 is 0 Å². The topological polar surface area (TPSA) is 29.5 Å². The van der Waals surface area contributed by atoms with Gasteiger partial charge in [-0.3, -0.25) is 0 Å². The Hall–Kier alpha value is -0.0800. The molecule has 1 saturated carbocycles. The van der Waals surface area contributed by atoms with E-state index in [2.05, 4.69) is 13.8 Å². The van der Waals surface area contributed by atoms with Crippen LogP contribution in [0.1, 0.15) is 65.7 Å². The molecular weight excluding hydrogens is 212 g/mol. The Morgan fingerprint density at radius 3 is 2.59 bits per heavy atom. The summed E-state index contributed by atoms with van der Waals surface area (Å²) in [6.07, 6.45) is 8.30. The van der Waals surface area contributed by atoms with Gasteiger partial charge in [0.25, 0.3) is 0 Å². The molecule has 1 spiro atoms. The van der Waals surface area contributed by atoms with E-state index in [0.29, 0.717) is 5.92 Å². The maximum Gasteiger partial charge on any atom is 0.0685 e. The van der Waals surface area contributed by atoms with Crippen LogP contribution < -0.4 is 0 Å². The molecule has 1 aliphatic carbocycles. The Morgan fingerprint density at radius 2 is 2.00 bits per heavy atom. The Balaban J connectivity index is 2.01. The van der Waals surface area contributed by atoms with Gasteiger partial charge in [-0.05, 0) is 50.4 Å². The van der Waals surface area contributed by atoms with Gasteiger partial charge in [0.1, 0.15) is 0 Å². The first-order valence-electron chi connectivity index (χ1n) is 7.26. The number of hydrogen-bond donors (Lipinski definition) is 1. The molecule has 0 radical (unpaired) electrons. The van der Waals surface area contributed by atoms with Crippen molar-refractivity contribution < 1.29 is 9.84 Å². The largest absolute Gasteiger partial charge is 0.393 e. The lowest BCUT2D eigenvalue weighted by Gasteiger charge is -2.45. The van der Waals surface area contributed by atoms with Gasteiger partial charge in [0.05, 0.1) is 11.7 Å². The van der Waals surface area contributed by atoms with Crippen LogP contribution in [0.25, 0.3) is 0 Å². The third-order valence-corrected chi connectivity index (χ3v) is 4.93. The third kappa shape index (κ3) is 3.03. The van der Waals surface area contributed by atoms with Gasteiger partial charge >= 0.3 is 0 Å². The van der Waals surface area contributed by atoms with Gasteiger partial charge < -0.3 is 9.84 Å². The second-order valence-electron chi connectivity index (χ2n) is 6.97. The average Bonchev–Trinajstić information content (AvgIpc) is 2.64. The number of rotatable bonds is 3. The van der Waals surface area contributed by atoms with Gasteiger partial charge in [0, 0.05) is 6.61 Å². The zero-order chi connectivity index (χ0) is 12.5. The zero-order valence-corrected chi connectivity index (χ0v) is 11.7. The van der Waals surface area contributed by atoms with Crippen molar-refractivity contribution in [2.75, 3.05) is 6.61 Å². The summed E-state index contributed by atoms with van der Waals surface area (Å²) >= 11 is 0. The van der Waals surface area contributed by atoms with E-state index in [-0.39, 0.29) is 17.1 Å². The molecule has 17 heavy (non-hydrogen) atoms. The maximum absolute atomic E-state index is 9.64. The Labute approximate surface area is 106 Å². The van der Waals surface area contributed by atoms with Crippen molar-refractivity contribution in [2.45, 2.75) is 77.4 Å². The Bertz CT molecular complexity index is 252. The number of hydrogen-bond acceptors (Lipinski definition) is 2. The highest BCUT2D eigenvalue weighted by atomic mass is 16.5. The van der Waals surface area contributed by atoms with Gasteiger partial charge in [-0.25, -0.2) is 0 Å². The molecule has 100 valence electrons. The molecule has 2 aliphatic rings. The summed E-state index contributed by atoms with van der Waals surface area (Å²) in [6, 6.07) is 0. The minimum absolute atomic E-state index is 0.188. The molecule has 1 heterocycles. The monoisotopic (exact) mass is 240 g/mol. The second-order valence-corrected chi connectivity index (χ2v) is 6.97. The molecular formula is C15H28O2. The highest BCUT2D eigenvalue weighted by Crippen LogP contribution is 2.48. The van der Waals surface area contributed by atoms with Gasteiger partial charge in [-0.15, -0.1) is 0 Å². The molecule has 1 saturated heterocycles. The number of aliphatic hydroxyl groups is 1. The molecule has 0 aromatic rings. The van der Waals surface area contributed by atoms with Crippen molar-refractivity contribution in [1.29, 1.82) is 0 Å². The Morgan fingerprint density at radius 1 is 1.35 bits per heavy atom. The van der Waals surface area contributed by atoms with Crippen LogP contribution in [-0.2, 0) is 4.74 Å². The quantitative estimate of drug-likeness (QED) is 0.818. The zero-order valence-electron chi connectivity index (χ0n) is 11.7. The van der Waals surface area contributed by atoms with Crippen molar-refractivity contribution in [3.63, 3.8) is 0 Å². The Kier molecular flexibility index (Phi) is 3.84. The van der Waals surface area contributed by atoms with Crippen molar-refractivity contribution in [1.82, 2.24) is 0 Å². The van der Waals surface area contributed by atoms with Gasteiger partial charge in [0.15, 0.2) is 0 Å². The lowest BCUT2D eigenvalue weighted by molar-refractivity contribution is -0.116. The highest BCUT2D eigenvalue weighted by Gasteiger charge is 2.44. The van der Waals surface area contributed by atoms with E-state index < -0.39 is 0 Å². The van der Waals surface area contributed by atoms with E-state index in [1.54, 1.807) is 0 Å². The predicted octanol–water partition coefficient (Wildman–Crippen LogP) is 3.52.